The molecule has 0 spiro atoms. The topological polar surface area (TPSA) is 74.3 Å². The van der Waals surface area contributed by atoms with E-state index in [0.717, 1.165) is 15.5 Å². The molecule has 6 nitrogen and oxygen atoms in total. The van der Waals surface area contributed by atoms with Crippen molar-refractivity contribution >= 4 is 46.7 Å². The molecule has 176 valence electrons. The van der Waals surface area contributed by atoms with Crippen molar-refractivity contribution in [3.63, 3.8) is 0 Å². The largest absolute Gasteiger partial charge is 0.324 e. The third-order valence-electron chi connectivity index (χ3n) is 5.92. The van der Waals surface area contributed by atoms with E-state index in [1.807, 2.05) is 49.4 Å². The Kier molecular flexibility index (Phi) is 8.21. The summed E-state index contributed by atoms with van der Waals surface area (Å²) < 4.78 is 0. The van der Waals surface area contributed by atoms with E-state index in [-0.39, 0.29) is 23.8 Å². The Hall–Kier alpha value is -2.87. The molecule has 0 radical (unpaired) electrons. The molecule has 8 heteroatoms. The van der Waals surface area contributed by atoms with E-state index in [1.54, 1.807) is 23.9 Å². The van der Waals surface area contributed by atoms with E-state index in [0.29, 0.717) is 36.8 Å². The molecular formula is C26H27ClN4O2S. The average Bonchev–Trinajstić information content (AvgIpc) is 2.87. The van der Waals surface area contributed by atoms with Gasteiger partial charge in [-0.25, -0.2) is 4.98 Å². The molecule has 2 N–H and O–H groups in total. The zero-order chi connectivity index (χ0) is 23.9. The molecule has 0 aliphatic carbocycles. The molecule has 1 aliphatic heterocycles. The molecule has 1 saturated heterocycles. The van der Waals surface area contributed by atoms with Crippen molar-refractivity contribution in [3.05, 3.63) is 77.9 Å². The van der Waals surface area contributed by atoms with Gasteiger partial charge in [0.05, 0.1) is 16.8 Å². The SMILES string of the molecule is CC(C(=O)Nc1ccccc1Sc1ccccc1)N1CCC(C(=O)Nc2ccc(Cl)cn2)CC1. The van der Waals surface area contributed by atoms with Gasteiger partial charge in [-0.1, -0.05) is 53.7 Å². The van der Waals surface area contributed by atoms with Crippen LogP contribution in [0, 0.1) is 5.92 Å². The van der Waals surface area contributed by atoms with Crippen molar-refractivity contribution in [3.8, 4) is 0 Å². The van der Waals surface area contributed by atoms with E-state index in [1.165, 1.54) is 6.20 Å². The number of benzene rings is 2. The smallest absolute Gasteiger partial charge is 0.241 e. The Balaban J connectivity index is 1.30. The molecule has 1 atom stereocenters. The summed E-state index contributed by atoms with van der Waals surface area (Å²) in [5, 5.41) is 6.48. The summed E-state index contributed by atoms with van der Waals surface area (Å²) >= 11 is 7.47. The van der Waals surface area contributed by atoms with Gasteiger partial charge in [-0.15, -0.1) is 0 Å². The Morgan fingerprint density at radius 3 is 2.41 bits per heavy atom. The van der Waals surface area contributed by atoms with Crippen LogP contribution >= 0.6 is 23.4 Å². The molecule has 1 fully saturated rings. The third kappa shape index (κ3) is 6.38. The monoisotopic (exact) mass is 494 g/mol. The van der Waals surface area contributed by atoms with E-state index in [2.05, 4.69) is 32.7 Å². The first kappa shape index (κ1) is 24.3. The number of rotatable bonds is 7. The fraction of sp³-hybridized carbons (Fsp3) is 0.269. The second-order valence-electron chi connectivity index (χ2n) is 8.24. The van der Waals surface area contributed by atoms with E-state index >= 15 is 0 Å². The first-order valence-electron chi connectivity index (χ1n) is 11.3. The lowest BCUT2D eigenvalue weighted by molar-refractivity contribution is -0.123. The predicted molar refractivity (Wildman–Crippen MR) is 137 cm³/mol. The molecule has 0 bridgehead atoms. The number of pyridine rings is 1. The van der Waals surface area contributed by atoms with Crippen molar-refractivity contribution in [2.75, 3.05) is 23.7 Å². The molecule has 3 aromatic rings. The Bertz CT molecular complexity index is 1120. The standard InChI is InChI=1S/C26H27ClN4O2S/c1-18(25(32)29-22-9-5-6-10-23(22)34-21-7-3-2-4-8-21)31-15-13-19(14-16-31)26(33)30-24-12-11-20(27)17-28-24/h2-12,17-19H,13-16H2,1H3,(H,29,32)(H,28,30,33). The van der Waals surface area contributed by atoms with Crippen molar-refractivity contribution in [2.45, 2.75) is 35.6 Å². The number of carbonyl (C=O) groups excluding carboxylic acids is 2. The normalized spacial score (nSPS) is 15.5. The number of nitrogens with one attached hydrogen (secondary N) is 2. The summed E-state index contributed by atoms with van der Waals surface area (Å²) in [5.74, 6) is 0.302. The Labute approximate surface area is 209 Å². The number of piperidine rings is 1. The lowest BCUT2D eigenvalue weighted by Gasteiger charge is -2.34. The minimum Gasteiger partial charge on any atom is -0.324 e. The van der Waals surface area contributed by atoms with Gasteiger partial charge >= 0.3 is 0 Å². The van der Waals surface area contributed by atoms with E-state index in [9.17, 15) is 9.59 Å². The Morgan fingerprint density at radius 2 is 1.71 bits per heavy atom. The summed E-state index contributed by atoms with van der Waals surface area (Å²) in [4.78, 5) is 34.0. The van der Waals surface area contributed by atoms with Crippen LogP contribution in [0.15, 0.2) is 82.7 Å². The fourth-order valence-corrected chi connectivity index (χ4v) is 4.94. The number of aromatic nitrogens is 1. The Morgan fingerprint density at radius 1 is 1.00 bits per heavy atom. The molecule has 2 amide bonds. The molecule has 2 heterocycles. The van der Waals surface area contributed by atoms with Gasteiger partial charge in [0.1, 0.15) is 5.82 Å². The number of likely N-dealkylation sites (tertiary alicyclic amines) is 1. The zero-order valence-corrected chi connectivity index (χ0v) is 20.5. The highest BCUT2D eigenvalue weighted by Gasteiger charge is 2.30. The van der Waals surface area contributed by atoms with Gasteiger partial charge in [0.2, 0.25) is 11.8 Å². The van der Waals surface area contributed by atoms with Crippen LogP contribution in [0.25, 0.3) is 0 Å². The maximum atomic E-state index is 13.0. The molecule has 0 saturated carbocycles. The predicted octanol–water partition coefficient (Wildman–Crippen LogP) is 5.56. The van der Waals surface area contributed by atoms with Crippen LogP contribution in [0.1, 0.15) is 19.8 Å². The number of para-hydroxylation sites is 1. The zero-order valence-electron chi connectivity index (χ0n) is 18.9. The van der Waals surface area contributed by atoms with Crippen LogP contribution in [0.3, 0.4) is 0 Å². The van der Waals surface area contributed by atoms with Gasteiger partial charge in [0, 0.05) is 21.9 Å². The second kappa shape index (κ2) is 11.5. The first-order valence-corrected chi connectivity index (χ1v) is 12.5. The quantitative estimate of drug-likeness (QED) is 0.449. The summed E-state index contributed by atoms with van der Waals surface area (Å²) in [5.41, 5.74) is 0.804. The van der Waals surface area contributed by atoms with Gasteiger partial charge < -0.3 is 10.6 Å². The summed E-state index contributed by atoms with van der Waals surface area (Å²) in [6.45, 7) is 3.28. The molecule has 2 aromatic carbocycles. The van der Waals surface area contributed by atoms with Gasteiger partial charge in [0.15, 0.2) is 0 Å². The highest BCUT2D eigenvalue weighted by molar-refractivity contribution is 7.99. The van der Waals surface area contributed by atoms with Crippen LogP contribution in [-0.2, 0) is 9.59 Å². The van der Waals surface area contributed by atoms with Crippen molar-refractivity contribution in [2.24, 2.45) is 5.92 Å². The van der Waals surface area contributed by atoms with Crippen LogP contribution in [0.5, 0.6) is 0 Å². The van der Waals surface area contributed by atoms with Crippen LogP contribution < -0.4 is 10.6 Å². The number of nitrogens with zero attached hydrogens (tertiary/aromatic N) is 2. The van der Waals surface area contributed by atoms with Gasteiger partial charge in [0.25, 0.3) is 0 Å². The van der Waals surface area contributed by atoms with E-state index in [4.69, 9.17) is 11.6 Å². The lowest BCUT2D eigenvalue weighted by Crippen LogP contribution is -2.47. The number of anilines is 2. The van der Waals surface area contributed by atoms with Gasteiger partial charge in [-0.2, -0.15) is 0 Å². The van der Waals surface area contributed by atoms with Gasteiger partial charge in [-0.3, -0.25) is 14.5 Å². The molecule has 1 aromatic heterocycles. The van der Waals surface area contributed by atoms with Crippen molar-refractivity contribution in [1.29, 1.82) is 0 Å². The summed E-state index contributed by atoms with van der Waals surface area (Å²) in [6, 6.07) is 21.0. The molecule has 34 heavy (non-hydrogen) atoms. The second-order valence-corrected chi connectivity index (χ2v) is 9.79. The molecular weight excluding hydrogens is 468 g/mol. The van der Waals surface area contributed by atoms with Crippen LogP contribution in [-0.4, -0.2) is 40.8 Å². The third-order valence-corrected chi connectivity index (χ3v) is 7.23. The van der Waals surface area contributed by atoms with Crippen molar-refractivity contribution < 1.29 is 9.59 Å². The maximum Gasteiger partial charge on any atom is 0.241 e. The minimum absolute atomic E-state index is 0.0431. The van der Waals surface area contributed by atoms with Crippen LogP contribution in [0.2, 0.25) is 5.02 Å². The number of hydrogen-bond donors (Lipinski definition) is 2. The fourth-order valence-electron chi connectivity index (χ4n) is 3.90. The molecule has 1 unspecified atom stereocenters. The number of hydrogen-bond acceptors (Lipinski definition) is 5. The minimum atomic E-state index is -0.295. The summed E-state index contributed by atoms with van der Waals surface area (Å²) in [6.07, 6.45) is 2.89. The highest BCUT2D eigenvalue weighted by atomic mass is 35.5. The molecule has 1 aliphatic rings. The average molecular weight is 495 g/mol. The summed E-state index contributed by atoms with van der Waals surface area (Å²) in [7, 11) is 0. The number of carbonyl (C=O) groups is 2. The van der Waals surface area contributed by atoms with Crippen LogP contribution in [0.4, 0.5) is 11.5 Å². The number of amides is 2. The highest BCUT2D eigenvalue weighted by Crippen LogP contribution is 2.33. The van der Waals surface area contributed by atoms with Crippen molar-refractivity contribution in [1.82, 2.24) is 9.88 Å². The number of halogens is 1. The first-order chi connectivity index (χ1) is 16.5. The van der Waals surface area contributed by atoms with E-state index < -0.39 is 0 Å². The molecule has 4 rings (SSSR count). The maximum absolute atomic E-state index is 13.0. The lowest BCUT2D eigenvalue weighted by atomic mass is 9.95. The van der Waals surface area contributed by atoms with Gasteiger partial charge in [-0.05, 0) is 69.3 Å².